The minimum Gasteiger partial charge on any atom is -0.379 e. The lowest BCUT2D eigenvalue weighted by atomic mass is 10.1. The molecule has 1 saturated heterocycles. The van der Waals surface area contributed by atoms with Gasteiger partial charge in [-0.15, -0.1) is 0 Å². The van der Waals surface area contributed by atoms with Gasteiger partial charge in [0.15, 0.2) is 0 Å². The summed E-state index contributed by atoms with van der Waals surface area (Å²) < 4.78 is 84.3. The van der Waals surface area contributed by atoms with Crippen LogP contribution < -0.4 is 16.6 Å². The van der Waals surface area contributed by atoms with Crippen molar-refractivity contribution in [2.75, 3.05) is 39.4 Å². The van der Waals surface area contributed by atoms with Crippen LogP contribution in [0.5, 0.6) is 0 Å². The zero-order valence-corrected chi connectivity index (χ0v) is 20.8. The molecule has 214 valence electrons. The van der Waals surface area contributed by atoms with Crippen molar-refractivity contribution < 1.29 is 35.9 Å². The lowest BCUT2D eigenvalue weighted by molar-refractivity contribution is -0.138. The summed E-state index contributed by atoms with van der Waals surface area (Å²) in [6, 6.07) is 6.99. The fourth-order valence-corrected chi connectivity index (χ4v) is 3.97. The molecule has 2 aromatic carbocycles. The second kappa shape index (κ2) is 11.6. The number of halogens is 6. The topological polar surface area (TPSA) is 98.5 Å². The number of benzene rings is 2. The molecule has 1 aliphatic heterocycles. The van der Waals surface area contributed by atoms with Crippen LogP contribution in [0.1, 0.15) is 27.2 Å². The molecule has 0 spiro atoms. The van der Waals surface area contributed by atoms with Gasteiger partial charge in [0.25, 0.3) is 11.5 Å². The standard InChI is InChI=1S/C25H23F6N5O4/c26-24(27,28)17-3-1-16(2-4-17)15-35-22(38)20(21(37)32-9-10-34-11-13-40-14-12-34)33-36(23(35)39)19-7-5-18(6-8-19)25(29,30)31/h1-8H,9-15H2,(H,32,37). The van der Waals surface area contributed by atoms with E-state index in [-0.39, 0.29) is 17.8 Å². The predicted molar refractivity (Wildman–Crippen MR) is 129 cm³/mol. The molecule has 1 N–H and O–H groups in total. The Hall–Kier alpha value is -3.98. The zero-order chi connectivity index (χ0) is 29.1. The van der Waals surface area contributed by atoms with Gasteiger partial charge in [-0.1, -0.05) is 12.1 Å². The molecule has 40 heavy (non-hydrogen) atoms. The highest BCUT2D eigenvalue weighted by Gasteiger charge is 2.31. The predicted octanol–water partition coefficient (Wildman–Crippen LogP) is 2.54. The molecule has 0 atom stereocenters. The molecular formula is C25H23F6N5O4. The fraction of sp³-hybridized carbons (Fsp3) is 0.360. The number of ether oxygens (including phenoxy) is 1. The van der Waals surface area contributed by atoms with Gasteiger partial charge in [0.05, 0.1) is 36.6 Å². The van der Waals surface area contributed by atoms with E-state index < -0.39 is 52.9 Å². The summed E-state index contributed by atoms with van der Waals surface area (Å²) in [5.41, 5.74) is -4.90. The normalized spacial score (nSPS) is 14.8. The molecule has 0 unspecified atom stereocenters. The summed E-state index contributed by atoms with van der Waals surface area (Å²) in [7, 11) is 0. The van der Waals surface area contributed by atoms with Crippen LogP contribution in [0.25, 0.3) is 5.69 Å². The molecular weight excluding hydrogens is 548 g/mol. The van der Waals surface area contributed by atoms with E-state index in [0.29, 0.717) is 54.2 Å². The van der Waals surface area contributed by atoms with Gasteiger partial charge in [-0.25, -0.2) is 4.79 Å². The minimum absolute atomic E-state index is 0.123. The van der Waals surface area contributed by atoms with E-state index >= 15 is 0 Å². The van der Waals surface area contributed by atoms with Crippen molar-refractivity contribution in [3.05, 3.63) is 91.8 Å². The molecule has 0 aliphatic carbocycles. The summed E-state index contributed by atoms with van der Waals surface area (Å²) in [5, 5.41) is 6.39. The molecule has 2 heterocycles. The van der Waals surface area contributed by atoms with Crippen molar-refractivity contribution in [1.82, 2.24) is 24.6 Å². The molecule has 4 rings (SSSR count). The average Bonchev–Trinajstić information content (AvgIpc) is 2.91. The Morgan fingerprint density at radius 1 is 0.875 bits per heavy atom. The number of alkyl halides is 6. The Bertz CT molecular complexity index is 1460. The Kier molecular flexibility index (Phi) is 8.44. The number of nitrogens with zero attached hydrogens (tertiary/aromatic N) is 4. The van der Waals surface area contributed by atoms with Crippen molar-refractivity contribution in [2.45, 2.75) is 18.9 Å². The van der Waals surface area contributed by atoms with Crippen LogP contribution in [0, 0.1) is 0 Å². The number of amides is 1. The third-order valence-electron chi connectivity index (χ3n) is 6.15. The van der Waals surface area contributed by atoms with Gasteiger partial charge in [0, 0.05) is 26.2 Å². The van der Waals surface area contributed by atoms with E-state index in [2.05, 4.69) is 10.4 Å². The lowest BCUT2D eigenvalue weighted by Crippen LogP contribution is -2.47. The number of hydrogen-bond donors (Lipinski definition) is 1. The third kappa shape index (κ3) is 6.77. The fourth-order valence-electron chi connectivity index (χ4n) is 3.97. The van der Waals surface area contributed by atoms with Crippen molar-refractivity contribution in [2.24, 2.45) is 0 Å². The maximum absolute atomic E-state index is 13.2. The van der Waals surface area contributed by atoms with Gasteiger partial charge in [-0.3, -0.25) is 19.1 Å². The maximum atomic E-state index is 13.2. The first kappa shape index (κ1) is 29.0. The van der Waals surface area contributed by atoms with Gasteiger partial charge < -0.3 is 10.1 Å². The van der Waals surface area contributed by atoms with Crippen LogP contribution in [-0.2, 0) is 23.6 Å². The highest BCUT2D eigenvalue weighted by molar-refractivity contribution is 5.91. The number of carbonyl (C=O) groups excluding carboxylic acids is 1. The Balaban J connectivity index is 1.69. The lowest BCUT2D eigenvalue weighted by Gasteiger charge is -2.26. The number of rotatable bonds is 7. The minimum atomic E-state index is -4.65. The first-order valence-corrected chi connectivity index (χ1v) is 12.0. The third-order valence-corrected chi connectivity index (χ3v) is 6.15. The van der Waals surface area contributed by atoms with Gasteiger partial charge >= 0.3 is 18.0 Å². The molecule has 1 fully saturated rings. The Morgan fingerprint density at radius 3 is 1.98 bits per heavy atom. The van der Waals surface area contributed by atoms with E-state index in [1.807, 2.05) is 4.90 Å². The van der Waals surface area contributed by atoms with Crippen LogP contribution in [0.4, 0.5) is 26.3 Å². The van der Waals surface area contributed by atoms with Gasteiger partial charge in [0.2, 0.25) is 5.69 Å². The monoisotopic (exact) mass is 571 g/mol. The first-order valence-electron chi connectivity index (χ1n) is 12.0. The van der Waals surface area contributed by atoms with Crippen LogP contribution in [0.15, 0.2) is 58.1 Å². The van der Waals surface area contributed by atoms with Crippen molar-refractivity contribution in [3.63, 3.8) is 0 Å². The summed E-state index contributed by atoms with van der Waals surface area (Å²) in [4.78, 5) is 41.3. The van der Waals surface area contributed by atoms with Gasteiger partial charge in [0.1, 0.15) is 0 Å². The molecule has 15 heteroatoms. The number of carbonyl (C=O) groups is 1. The quantitative estimate of drug-likeness (QED) is 0.438. The summed E-state index contributed by atoms with van der Waals surface area (Å²) in [6.45, 7) is 2.39. The highest BCUT2D eigenvalue weighted by atomic mass is 19.4. The van der Waals surface area contributed by atoms with Crippen LogP contribution in [-0.4, -0.2) is 64.5 Å². The molecule has 1 aliphatic rings. The SMILES string of the molecule is O=C(NCCN1CCOCC1)c1nn(-c2ccc(C(F)(F)F)cc2)c(=O)n(Cc2ccc(C(F)(F)F)cc2)c1=O. The maximum Gasteiger partial charge on any atom is 0.416 e. The first-order chi connectivity index (χ1) is 18.8. The molecule has 3 aromatic rings. The number of aromatic nitrogens is 3. The smallest absolute Gasteiger partial charge is 0.379 e. The summed E-state index contributed by atoms with van der Waals surface area (Å²) in [6.07, 6.45) is -9.25. The molecule has 0 saturated carbocycles. The molecule has 0 radical (unpaired) electrons. The Labute approximate surface area is 222 Å². The summed E-state index contributed by atoms with van der Waals surface area (Å²) in [5.74, 6) is -0.930. The summed E-state index contributed by atoms with van der Waals surface area (Å²) >= 11 is 0. The molecule has 1 aromatic heterocycles. The van der Waals surface area contributed by atoms with Crippen molar-refractivity contribution in [1.29, 1.82) is 0 Å². The van der Waals surface area contributed by atoms with Crippen LogP contribution >= 0.6 is 0 Å². The molecule has 9 nitrogen and oxygen atoms in total. The van der Waals surface area contributed by atoms with E-state index in [9.17, 15) is 40.7 Å². The van der Waals surface area contributed by atoms with E-state index in [1.165, 1.54) is 0 Å². The van der Waals surface area contributed by atoms with E-state index in [4.69, 9.17) is 4.74 Å². The van der Waals surface area contributed by atoms with Gasteiger partial charge in [-0.2, -0.15) is 36.1 Å². The second-order valence-corrected chi connectivity index (χ2v) is 8.88. The number of hydrogen-bond acceptors (Lipinski definition) is 6. The second-order valence-electron chi connectivity index (χ2n) is 8.88. The number of morpholine rings is 1. The van der Waals surface area contributed by atoms with Crippen molar-refractivity contribution >= 4 is 5.91 Å². The van der Waals surface area contributed by atoms with Gasteiger partial charge in [-0.05, 0) is 42.0 Å². The molecule has 0 bridgehead atoms. The van der Waals surface area contributed by atoms with Crippen LogP contribution in [0.2, 0.25) is 0 Å². The largest absolute Gasteiger partial charge is 0.416 e. The van der Waals surface area contributed by atoms with E-state index in [0.717, 1.165) is 36.4 Å². The highest BCUT2D eigenvalue weighted by Crippen LogP contribution is 2.30. The zero-order valence-electron chi connectivity index (χ0n) is 20.8. The van der Waals surface area contributed by atoms with Crippen LogP contribution in [0.3, 0.4) is 0 Å². The average molecular weight is 571 g/mol. The number of nitrogens with one attached hydrogen (secondary N) is 1. The Morgan fingerprint density at radius 2 is 1.43 bits per heavy atom. The van der Waals surface area contributed by atoms with E-state index in [1.54, 1.807) is 0 Å². The molecule has 1 amide bonds. The van der Waals surface area contributed by atoms with Crippen molar-refractivity contribution in [3.8, 4) is 5.69 Å².